The predicted molar refractivity (Wildman–Crippen MR) is 92.3 cm³/mol. The van der Waals surface area contributed by atoms with Crippen molar-refractivity contribution in [2.45, 2.75) is 24.9 Å². The Morgan fingerprint density at radius 2 is 2.09 bits per heavy atom. The van der Waals surface area contributed by atoms with Gasteiger partial charge in [0.15, 0.2) is 0 Å². The van der Waals surface area contributed by atoms with Crippen LogP contribution in [0.25, 0.3) is 0 Å². The smallest absolute Gasteiger partial charge is 0.224 e. The molecule has 2 amide bonds. The minimum absolute atomic E-state index is 0.0144. The van der Waals surface area contributed by atoms with E-state index in [1.54, 1.807) is 0 Å². The van der Waals surface area contributed by atoms with E-state index in [1.165, 1.54) is 0 Å². The van der Waals surface area contributed by atoms with Crippen molar-refractivity contribution >= 4 is 23.6 Å². The average molecular weight is 333 g/mol. The maximum absolute atomic E-state index is 12.8. The van der Waals surface area contributed by atoms with Gasteiger partial charge in [-0.3, -0.25) is 9.59 Å². The lowest BCUT2D eigenvalue weighted by molar-refractivity contribution is -0.134. The van der Waals surface area contributed by atoms with E-state index in [2.05, 4.69) is 10.6 Å². The molecule has 2 heterocycles. The molecule has 2 saturated heterocycles. The first-order valence-electron chi connectivity index (χ1n) is 8.16. The number of hydrogen-bond acceptors (Lipinski definition) is 4. The first kappa shape index (κ1) is 16.3. The summed E-state index contributed by atoms with van der Waals surface area (Å²) in [6, 6.07) is 9.94. The van der Waals surface area contributed by atoms with Gasteiger partial charge < -0.3 is 15.5 Å². The summed E-state index contributed by atoms with van der Waals surface area (Å²) in [5, 5.41) is 6.30. The normalized spacial score (nSPS) is 25.6. The Hall–Kier alpha value is -1.53. The second-order valence-electron chi connectivity index (χ2n) is 6.00. The minimum atomic E-state index is -0.164. The van der Waals surface area contributed by atoms with Gasteiger partial charge in [-0.25, -0.2) is 0 Å². The molecule has 2 fully saturated rings. The van der Waals surface area contributed by atoms with Crippen LogP contribution in [0.5, 0.6) is 0 Å². The van der Waals surface area contributed by atoms with E-state index in [1.807, 2.05) is 47.0 Å². The van der Waals surface area contributed by atoms with Crippen molar-refractivity contribution in [1.82, 2.24) is 15.5 Å². The molecule has 1 aromatic rings. The van der Waals surface area contributed by atoms with Crippen LogP contribution in [-0.4, -0.2) is 53.9 Å². The van der Waals surface area contributed by atoms with Crippen molar-refractivity contribution in [1.29, 1.82) is 0 Å². The zero-order valence-electron chi connectivity index (χ0n) is 13.2. The maximum atomic E-state index is 12.8. The van der Waals surface area contributed by atoms with Crippen LogP contribution in [0.15, 0.2) is 30.3 Å². The molecule has 0 saturated carbocycles. The van der Waals surface area contributed by atoms with Crippen molar-refractivity contribution in [2.24, 2.45) is 0 Å². The molecule has 3 rings (SSSR count). The topological polar surface area (TPSA) is 61.4 Å². The van der Waals surface area contributed by atoms with E-state index in [0.717, 1.165) is 23.6 Å². The van der Waals surface area contributed by atoms with E-state index in [0.29, 0.717) is 25.9 Å². The van der Waals surface area contributed by atoms with Gasteiger partial charge in [0.2, 0.25) is 11.8 Å². The SMILES string of the molecule is O=C1CC(c2ccccc2)N(C(=O)CC2CSCCN2)CCN1. The van der Waals surface area contributed by atoms with E-state index in [9.17, 15) is 9.59 Å². The molecular formula is C17H23N3O2S. The molecule has 2 aliphatic heterocycles. The van der Waals surface area contributed by atoms with Gasteiger partial charge in [0.25, 0.3) is 0 Å². The zero-order valence-corrected chi connectivity index (χ0v) is 14.0. The molecule has 6 heteroatoms. The van der Waals surface area contributed by atoms with E-state index in [4.69, 9.17) is 0 Å². The first-order chi connectivity index (χ1) is 11.2. The fourth-order valence-corrected chi connectivity index (χ4v) is 4.13. The molecule has 0 aliphatic carbocycles. The third-order valence-electron chi connectivity index (χ3n) is 4.35. The van der Waals surface area contributed by atoms with Gasteiger partial charge >= 0.3 is 0 Å². The number of hydrogen-bond donors (Lipinski definition) is 2. The summed E-state index contributed by atoms with van der Waals surface area (Å²) in [4.78, 5) is 26.7. The van der Waals surface area contributed by atoms with Crippen LogP contribution < -0.4 is 10.6 Å². The highest BCUT2D eigenvalue weighted by Crippen LogP contribution is 2.27. The maximum Gasteiger partial charge on any atom is 0.224 e. The molecule has 2 N–H and O–H groups in total. The van der Waals surface area contributed by atoms with Crippen molar-refractivity contribution in [3.63, 3.8) is 0 Å². The van der Waals surface area contributed by atoms with Crippen LogP contribution >= 0.6 is 11.8 Å². The van der Waals surface area contributed by atoms with Crippen molar-refractivity contribution in [3.8, 4) is 0 Å². The number of carbonyl (C=O) groups excluding carboxylic acids is 2. The molecule has 0 radical (unpaired) electrons. The Kier molecular flexibility index (Phi) is 5.56. The van der Waals surface area contributed by atoms with Crippen molar-refractivity contribution in [3.05, 3.63) is 35.9 Å². The molecule has 0 aromatic heterocycles. The Morgan fingerprint density at radius 1 is 1.26 bits per heavy atom. The number of nitrogens with zero attached hydrogens (tertiary/aromatic N) is 1. The van der Waals surface area contributed by atoms with Crippen LogP contribution in [0.4, 0.5) is 0 Å². The summed E-state index contributed by atoms with van der Waals surface area (Å²) in [6.45, 7) is 2.06. The average Bonchev–Trinajstić information content (AvgIpc) is 2.78. The van der Waals surface area contributed by atoms with E-state index in [-0.39, 0.29) is 23.9 Å². The van der Waals surface area contributed by atoms with E-state index < -0.39 is 0 Å². The summed E-state index contributed by atoms with van der Waals surface area (Å²) in [6.07, 6.45) is 0.840. The van der Waals surface area contributed by atoms with Gasteiger partial charge in [0, 0.05) is 43.6 Å². The van der Waals surface area contributed by atoms with Gasteiger partial charge in [-0.2, -0.15) is 11.8 Å². The molecule has 124 valence electrons. The lowest BCUT2D eigenvalue weighted by Gasteiger charge is -2.32. The summed E-state index contributed by atoms with van der Waals surface area (Å²) in [5.74, 6) is 2.24. The zero-order chi connectivity index (χ0) is 16.1. The summed E-state index contributed by atoms with van der Waals surface area (Å²) in [5.41, 5.74) is 1.03. The Morgan fingerprint density at radius 3 is 2.83 bits per heavy atom. The van der Waals surface area contributed by atoms with Gasteiger partial charge in [-0.1, -0.05) is 30.3 Å². The quantitative estimate of drug-likeness (QED) is 0.872. The molecule has 2 atom stereocenters. The molecule has 5 nitrogen and oxygen atoms in total. The highest BCUT2D eigenvalue weighted by atomic mass is 32.2. The number of rotatable bonds is 3. The molecule has 0 bridgehead atoms. The number of carbonyl (C=O) groups is 2. The summed E-state index contributed by atoms with van der Waals surface area (Å²) in [7, 11) is 0. The van der Waals surface area contributed by atoms with Crippen LogP contribution in [0, 0.1) is 0 Å². The summed E-state index contributed by atoms with van der Waals surface area (Å²) >= 11 is 1.89. The van der Waals surface area contributed by atoms with Crippen LogP contribution in [0.2, 0.25) is 0 Å². The van der Waals surface area contributed by atoms with Crippen LogP contribution in [-0.2, 0) is 9.59 Å². The molecule has 2 aliphatic rings. The monoisotopic (exact) mass is 333 g/mol. The second-order valence-corrected chi connectivity index (χ2v) is 7.15. The molecule has 2 unspecified atom stereocenters. The third-order valence-corrected chi connectivity index (χ3v) is 5.48. The van der Waals surface area contributed by atoms with E-state index >= 15 is 0 Å². The Labute approximate surface area is 141 Å². The number of benzene rings is 1. The van der Waals surface area contributed by atoms with Crippen molar-refractivity contribution < 1.29 is 9.59 Å². The second kappa shape index (κ2) is 7.84. The molecule has 0 spiro atoms. The highest BCUT2D eigenvalue weighted by molar-refractivity contribution is 7.99. The number of nitrogens with one attached hydrogen (secondary N) is 2. The predicted octanol–water partition coefficient (Wildman–Crippen LogP) is 1.17. The van der Waals surface area contributed by atoms with Crippen molar-refractivity contribution in [2.75, 3.05) is 31.1 Å². The fourth-order valence-electron chi connectivity index (χ4n) is 3.18. The molecular weight excluding hydrogens is 310 g/mol. The fraction of sp³-hybridized carbons (Fsp3) is 0.529. The highest BCUT2D eigenvalue weighted by Gasteiger charge is 2.31. The number of thioether (sulfide) groups is 1. The van der Waals surface area contributed by atoms with Gasteiger partial charge in [0.05, 0.1) is 12.5 Å². The molecule has 1 aromatic carbocycles. The van der Waals surface area contributed by atoms with Crippen LogP contribution in [0.3, 0.4) is 0 Å². The minimum Gasteiger partial charge on any atom is -0.354 e. The Bertz CT molecular complexity index is 546. The number of amides is 2. The standard InChI is InChI=1S/C17H23N3O2S/c21-16-11-15(13-4-2-1-3-5-13)20(8-6-19-16)17(22)10-14-12-23-9-7-18-14/h1-5,14-15,18H,6-12H2,(H,19,21). The largest absolute Gasteiger partial charge is 0.354 e. The van der Waals surface area contributed by atoms with Gasteiger partial charge in [-0.05, 0) is 5.56 Å². The van der Waals surface area contributed by atoms with Crippen LogP contribution in [0.1, 0.15) is 24.4 Å². The Balaban J connectivity index is 1.75. The lowest BCUT2D eigenvalue weighted by Crippen LogP contribution is -2.44. The van der Waals surface area contributed by atoms with Gasteiger partial charge in [0.1, 0.15) is 0 Å². The first-order valence-corrected chi connectivity index (χ1v) is 9.32. The summed E-state index contributed by atoms with van der Waals surface area (Å²) < 4.78 is 0. The third kappa shape index (κ3) is 4.26. The lowest BCUT2D eigenvalue weighted by atomic mass is 10.0. The molecule has 23 heavy (non-hydrogen) atoms. The van der Waals surface area contributed by atoms with Gasteiger partial charge in [-0.15, -0.1) is 0 Å².